The zero-order chi connectivity index (χ0) is 15.8. The standard InChI is InChI=1S/C20H34O2/c1-18-9-6-14(21)12-13(18)4-5-15-16(18)7-10-19(2)17(15)8-11-20(19,3)22/h13-17,21-22H,4-12H2,1-3H3/t13-,14+,15+,16-,17+,18-,19+,20+/m0/s1. The van der Waals surface area contributed by atoms with Crippen LogP contribution in [-0.2, 0) is 0 Å². The van der Waals surface area contributed by atoms with Crippen LogP contribution in [0.4, 0.5) is 0 Å². The highest BCUT2D eigenvalue weighted by atomic mass is 16.3. The quantitative estimate of drug-likeness (QED) is 0.706. The molecule has 0 bridgehead atoms. The summed E-state index contributed by atoms with van der Waals surface area (Å²) in [7, 11) is 0. The smallest absolute Gasteiger partial charge is 0.0675 e. The van der Waals surface area contributed by atoms with Crippen molar-refractivity contribution >= 4 is 0 Å². The van der Waals surface area contributed by atoms with E-state index in [-0.39, 0.29) is 11.5 Å². The summed E-state index contributed by atoms with van der Waals surface area (Å²) in [4.78, 5) is 0. The first kappa shape index (κ1) is 15.4. The number of rotatable bonds is 0. The maximum absolute atomic E-state index is 10.9. The normalized spacial score (nSPS) is 61.2. The number of fused-ring (bicyclic) bond motifs is 5. The maximum atomic E-state index is 10.9. The van der Waals surface area contributed by atoms with Crippen LogP contribution in [0.15, 0.2) is 0 Å². The van der Waals surface area contributed by atoms with Crippen LogP contribution in [0.1, 0.15) is 78.6 Å². The lowest BCUT2D eigenvalue weighted by atomic mass is 9.44. The van der Waals surface area contributed by atoms with Gasteiger partial charge in [-0.05, 0) is 99.2 Å². The van der Waals surface area contributed by atoms with Gasteiger partial charge in [-0.1, -0.05) is 13.8 Å². The molecule has 4 fully saturated rings. The maximum Gasteiger partial charge on any atom is 0.0675 e. The molecule has 0 unspecified atom stereocenters. The fourth-order valence-corrected chi connectivity index (χ4v) is 7.48. The average molecular weight is 306 g/mol. The molecule has 4 aliphatic rings. The van der Waals surface area contributed by atoms with Crippen molar-refractivity contribution in [2.45, 2.75) is 90.3 Å². The number of aliphatic hydroxyl groups excluding tert-OH is 1. The van der Waals surface area contributed by atoms with Crippen LogP contribution in [0.3, 0.4) is 0 Å². The molecule has 4 aliphatic carbocycles. The highest BCUT2D eigenvalue weighted by molar-refractivity contribution is 5.12. The molecule has 4 rings (SSSR count). The molecule has 126 valence electrons. The van der Waals surface area contributed by atoms with E-state index in [9.17, 15) is 10.2 Å². The summed E-state index contributed by atoms with van der Waals surface area (Å²) < 4.78 is 0. The molecule has 0 heterocycles. The van der Waals surface area contributed by atoms with Crippen LogP contribution in [0.25, 0.3) is 0 Å². The molecule has 0 aromatic rings. The van der Waals surface area contributed by atoms with Crippen LogP contribution in [0.5, 0.6) is 0 Å². The summed E-state index contributed by atoms with van der Waals surface area (Å²) in [5, 5.41) is 21.0. The Kier molecular flexibility index (Phi) is 3.32. The van der Waals surface area contributed by atoms with Crippen LogP contribution in [0, 0.1) is 34.5 Å². The average Bonchev–Trinajstić information content (AvgIpc) is 2.70. The summed E-state index contributed by atoms with van der Waals surface area (Å²) in [6, 6.07) is 0. The lowest BCUT2D eigenvalue weighted by molar-refractivity contribution is -0.153. The van der Waals surface area contributed by atoms with Gasteiger partial charge in [0.1, 0.15) is 0 Å². The Hall–Kier alpha value is -0.0800. The second kappa shape index (κ2) is 4.72. The second-order valence-corrected chi connectivity index (χ2v) is 9.85. The highest BCUT2D eigenvalue weighted by Gasteiger charge is 2.63. The van der Waals surface area contributed by atoms with E-state index < -0.39 is 5.60 Å². The van der Waals surface area contributed by atoms with Gasteiger partial charge in [0.2, 0.25) is 0 Å². The molecule has 2 nitrogen and oxygen atoms in total. The lowest BCUT2D eigenvalue weighted by Gasteiger charge is -2.61. The second-order valence-electron chi connectivity index (χ2n) is 9.85. The predicted octanol–water partition coefficient (Wildman–Crippen LogP) is 4.14. The highest BCUT2D eigenvalue weighted by Crippen LogP contribution is 2.68. The van der Waals surface area contributed by atoms with E-state index in [0.29, 0.717) is 5.41 Å². The zero-order valence-corrected chi connectivity index (χ0v) is 14.6. The van der Waals surface area contributed by atoms with E-state index in [4.69, 9.17) is 0 Å². The molecule has 0 radical (unpaired) electrons. The van der Waals surface area contributed by atoms with Gasteiger partial charge in [0.25, 0.3) is 0 Å². The van der Waals surface area contributed by atoms with E-state index >= 15 is 0 Å². The summed E-state index contributed by atoms with van der Waals surface area (Å²) in [6.07, 6.45) is 10.6. The van der Waals surface area contributed by atoms with Crippen molar-refractivity contribution in [3.63, 3.8) is 0 Å². The molecule has 4 saturated carbocycles. The molecule has 0 aromatic carbocycles. The van der Waals surface area contributed by atoms with Gasteiger partial charge >= 0.3 is 0 Å². The Labute approximate surface area is 135 Å². The van der Waals surface area contributed by atoms with Crippen molar-refractivity contribution in [1.29, 1.82) is 0 Å². The van der Waals surface area contributed by atoms with Crippen LogP contribution in [0.2, 0.25) is 0 Å². The molecule has 0 aliphatic heterocycles. The van der Waals surface area contributed by atoms with E-state index in [0.717, 1.165) is 42.9 Å². The molecule has 2 heteroatoms. The Balaban J connectivity index is 1.64. The summed E-state index contributed by atoms with van der Waals surface area (Å²) >= 11 is 0. The third-order valence-corrected chi connectivity index (χ3v) is 9.20. The topological polar surface area (TPSA) is 40.5 Å². The lowest BCUT2D eigenvalue weighted by Crippen LogP contribution is -2.56. The Morgan fingerprint density at radius 3 is 2.32 bits per heavy atom. The molecule has 0 aromatic heterocycles. The molecular formula is C20H34O2. The van der Waals surface area contributed by atoms with Crippen molar-refractivity contribution < 1.29 is 10.2 Å². The van der Waals surface area contributed by atoms with E-state index in [1.165, 1.54) is 38.5 Å². The SMILES string of the molecule is C[C@]12CC[C@@H](O)C[C@@H]1CC[C@H]1[C@H]3CC[C@@](C)(O)[C@]3(C)CC[C@@H]12. The summed E-state index contributed by atoms with van der Waals surface area (Å²) in [5.74, 6) is 3.13. The van der Waals surface area contributed by atoms with Gasteiger partial charge in [-0.3, -0.25) is 0 Å². The molecule has 22 heavy (non-hydrogen) atoms. The van der Waals surface area contributed by atoms with E-state index in [1.54, 1.807) is 0 Å². The number of hydrogen-bond acceptors (Lipinski definition) is 2. The van der Waals surface area contributed by atoms with Gasteiger partial charge < -0.3 is 10.2 Å². The molecule has 2 N–H and O–H groups in total. The molecular weight excluding hydrogens is 272 g/mol. The Morgan fingerprint density at radius 1 is 0.818 bits per heavy atom. The molecule has 0 amide bonds. The third-order valence-electron chi connectivity index (χ3n) is 9.20. The predicted molar refractivity (Wildman–Crippen MR) is 88.4 cm³/mol. The molecule has 8 atom stereocenters. The fraction of sp³-hybridized carbons (Fsp3) is 1.00. The van der Waals surface area contributed by atoms with Gasteiger partial charge in [-0.2, -0.15) is 0 Å². The first-order valence-corrected chi connectivity index (χ1v) is 9.68. The number of aliphatic hydroxyl groups is 2. The van der Waals surface area contributed by atoms with Gasteiger partial charge in [0, 0.05) is 0 Å². The van der Waals surface area contributed by atoms with Crippen molar-refractivity contribution in [1.82, 2.24) is 0 Å². The summed E-state index contributed by atoms with van der Waals surface area (Å²) in [5.41, 5.74) is 0.145. The van der Waals surface area contributed by atoms with Crippen molar-refractivity contribution in [3.05, 3.63) is 0 Å². The monoisotopic (exact) mass is 306 g/mol. The summed E-state index contributed by atoms with van der Waals surface area (Å²) in [6.45, 7) is 7.01. The minimum atomic E-state index is -0.455. The molecule has 0 saturated heterocycles. The van der Waals surface area contributed by atoms with E-state index in [1.807, 2.05) is 0 Å². The third kappa shape index (κ3) is 1.86. The van der Waals surface area contributed by atoms with E-state index in [2.05, 4.69) is 20.8 Å². The Bertz CT molecular complexity index is 459. The van der Waals surface area contributed by atoms with Crippen LogP contribution >= 0.6 is 0 Å². The van der Waals surface area contributed by atoms with Gasteiger partial charge in [0.15, 0.2) is 0 Å². The van der Waals surface area contributed by atoms with Crippen LogP contribution < -0.4 is 0 Å². The van der Waals surface area contributed by atoms with Gasteiger partial charge in [-0.15, -0.1) is 0 Å². The molecule has 0 spiro atoms. The van der Waals surface area contributed by atoms with Crippen molar-refractivity contribution in [2.24, 2.45) is 34.5 Å². The number of hydrogen-bond donors (Lipinski definition) is 2. The van der Waals surface area contributed by atoms with Crippen molar-refractivity contribution in [2.75, 3.05) is 0 Å². The first-order chi connectivity index (χ1) is 10.3. The van der Waals surface area contributed by atoms with Crippen LogP contribution in [-0.4, -0.2) is 21.9 Å². The van der Waals surface area contributed by atoms with Gasteiger partial charge in [0.05, 0.1) is 11.7 Å². The fourth-order valence-electron chi connectivity index (χ4n) is 7.48. The minimum Gasteiger partial charge on any atom is -0.393 e. The first-order valence-electron chi connectivity index (χ1n) is 9.68. The Morgan fingerprint density at radius 2 is 1.55 bits per heavy atom. The zero-order valence-electron chi connectivity index (χ0n) is 14.6. The largest absolute Gasteiger partial charge is 0.393 e. The van der Waals surface area contributed by atoms with Crippen molar-refractivity contribution in [3.8, 4) is 0 Å². The minimum absolute atomic E-state index is 0.0457. The van der Waals surface area contributed by atoms with Gasteiger partial charge in [-0.25, -0.2) is 0 Å².